The van der Waals surface area contributed by atoms with Crippen LogP contribution in [0.3, 0.4) is 0 Å². The molecule has 0 aliphatic carbocycles. The van der Waals surface area contributed by atoms with Crippen LogP contribution in [0.25, 0.3) is 0 Å². The monoisotopic (exact) mass is 335 g/mol. The number of amides is 1. The number of nitrogens with one attached hydrogen (secondary N) is 1. The lowest BCUT2D eigenvalue weighted by molar-refractivity contribution is -0.122. The van der Waals surface area contributed by atoms with E-state index in [1.807, 2.05) is 51.1 Å². The first-order valence-electron chi connectivity index (χ1n) is 7.60. The van der Waals surface area contributed by atoms with Crippen molar-refractivity contribution in [1.82, 2.24) is 15.1 Å². The second kappa shape index (κ2) is 7.62. The Morgan fingerprint density at radius 2 is 2.00 bits per heavy atom. The molecule has 0 saturated heterocycles. The summed E-state index contributed by atoms with van der Waals surface area (Å²) in [5.74, 6) is -0.153. The average molecular weight is 336 g/mol. The average Bonchev–Trinajstić information content (AvgIpc) is 2.75. The number of hydrogen-bond donors (Lipinski definition) is 2. The Morgan fingerprint density at radius 3 is 2.57 bits per heavy atom. The summed E-state index contributed by atoms with van der Waals surface area (Å²) in [6, 6.07) is 9.27. The van der Waals surface area contributed by atoms with E-state index < -0.39 is 6.10 Å². The Balaban J connectivity index is 1.88. The molecule has 2 aromatic rings. The van der Waals surface area contributed by atoms with Crippen molar-refractivity contribution in [2.45, 2.75) is 45.9 Å². The van der Waals surface area contributed by atoms with Gasteiger partial charge in [-0.3, -0.25) is 9.48 Å². The SMILES string of the molecule is Cc1nn(CC(=O)NC(C)CC(O)c2ccccc2)c(C)c1Cl. The Kier molecular flexibility index (Phi) is 5.80. The van der Waals surface area contributed by atoms with Gasteiger partial charge in [0, 0.05) is 6.04 Å². The number of nitrogens with zero attached hydrogens (tertiary/aromatic N) is 2. The van der Waals surface area contributed by atoms with Gasteiger partial charge >= 0.3 is 0 Å². The molecule has 0 aliphatic heterocycles. The van der Waals surface area contributed by atoms with Crippen molar-refractivity contribution in [2.75, 3.05) is 0 Å². The normalized spacial score (nSPS) is 13.6. The fourth-order valence-corrected chi connectivity index (χ4v) is 2.63. The van der Waals surface area contributed by atoms with Gasteiger partial charge in [-0.15, -0.1) is 0 Å². The number of halogens is 1. The standard InChI is InChI=1S/C17H22ClN3O2/c1-11(9-15(22)14-7-5-4-6-8-14)19-16(23)10-21-13(3)17(18)12(2)20-21/h4-8,11,15,22H,9-10H2,1-3H3,(H,19,23). The summed E-state index contributed by atoms with van der Waals surface area (Å²) in [5, 5.41) is 17.9. The first kappa shape index (κ1) is 17.5. The number of hydrogen-bond acceptors (Lipinski definition) is 3. The zero-order valence-electron chi connectivity index (χ0n) is 13.6. The van der Waals surface area contributed by atoms with Crippen LogP contribution >= 0.6 is 11.6 Å². The zero-order chi connectivity index (χ0) is 17.0. The lowest BCUT2D eigenvalue weighted by atomic mass is 10.0. The number of carbonyl (C=O) groups excluding carboxylic acids is 1. The smallest absolute Gasteiger partial charge is 0.241 e. The molecule has 1 aromatic heterocycles. The van der Waals surface area contributed by atoms with E-state index >= 15 is 0 Å². The largest absolute Gasteiger partial charge is 0.388 e. The molecule has 6 heteroatoms. The molecular formula is C17H22ClN3O2. The first-order valence-corrected chi connectivity index (χ1v) is 7.98. The molecule has 1 heterocycles. The summed E-state index contributed by atoms with van der Waals surface area (Å²) in [7, 11) is 0. The second-order valence-corrected chi connectivity index (χ2v) is 6.15. The van der Waals surface area contributed by atoms with Gasteiger partial charge in [0.1, 0.15) is 6.54 Å². The molecule has 1 amide bonds. The van der Waals surface area contributed by atoms with E-state index in [4.69, 9.17) is 11.6 Å². The second-order valence-electron chi connectivity index (χ2n) is 5.77. The highest BCUT2D eigenvalue weighted by atomic mass is 35.5. The third-order valence-electron chi connectivity index (χ3n) is 3.76. The molecule has 0 spiro atoms. The number of aliphatic hydroxyl groups is 1. The van der Waals surface area contributed by atoms with E-state index in [0.717, 1.165) is 11.3 Å². The van der Waals surface area contributed by atoms with Crippen LogP contribution in [0, 0.1) is 13.8 Å². The number of aryl methyl sites for hydroxylation is 1. The van der Waals surface area contributed by atoms with E-state index in [9.17, 15) is 9.90 Å². The predicted molar refractivity (Wildman–Crippen MR) is 90.3 cm³/mol. The molecule has 23 heavy (non-hydrogen) atoms. The quantitative estimate of drug-likeness (QED) is 0.853. The molecule has 0 saturated carbocycles. The summed E-state index contributed by atoms with van der Waals surface area (Å²) >= 11 is 6.08. The van der Waals surface area contributed by atoms with Crippen molar-refractivity contribution in [2.24, 2.45) is 0 Å². The molecule has 2 N–H and O–H groups in total. The molecule has 124 valence electrons. The molecular weight excluding hydrogens is 314 g/mol. The van der Waals surface area contributed by atoms with Crippen molar-refractivity contribution < 1.29 is 9.90 Å². The molecule has 0 radical (unpaired) electrons. The summed E-state index contributed by atoms with van der Waals surface area (Å²) in [6.45, 7) is 5.63. The van der Waals surface area contributed by atoms with E-state index in [2.05, 4.69) is 10.4 Å². The number of aromatic nitrogens is 2. The minimum atomic E-state index is -0.602. The zero-order valence-corrected chi connectivity index (χ0v) is 14.3. The van der Waals surface area contributed by atoms with Gasteiger partial charge in [0.05, 0.1) is 22.5 Å². The molecule has 0 bridgehead atoms. The van der Waals surface area contributed by atoms with Crippen molar-refractivity contribution in [3.8, 4) is 0 Å². The van der Waals surface area contributed by atoms with E-state index in [1.165, 1.54) is 0 Å². The van der Waals surface area contributed by atoms with Crippen molar-refractivity contribution in [3.05, 3.63) is 52.3 Å². The lowest BCUT2D eigenvalue weighted by Crippen LogP contribution is -2.36. The van der Waals surface area contributed by atoms with Gasteiger partial charge < -0.3 is 10.4 Å². The van der Waals surface area contributed by atoms with Crippen molar-refractivity contribution in [1.29, 1.82) is 0 Å². The van der Waals surface area contributed by atoms with Crippen LogP contribution in [0.4, 0.5) is 0 Å². The number of carbonyl (C=O) groups is 1. The van der Waals surface area contributed by atoms with Crippen LogP contribution < -0.4 is 5.32 Å². The highest BCUT2D eigenvalue weighted by Gasteiger charge is 2.16. The van der Waals surface area contributed by atoms with E-state index in [0.29, 0.717) is 17.1 Å². The van der Waals surface area contributed by atoms with Gasteiger partial charge in [0.15, 0.2) is 0 Å². The number of rotatable bonds is 6. The van der Waals surface area contributed by atoms with E-state index in [1.54, 1.807) is 4.68 Å². The minimum absolute atomic E-state index is 0.116. The van der Waals surface area contributed by atoms with Crippen LogP contribution in [0.15, 0.2) is 30.3 Å². The Hall–Kier alpha value is -1.85. The highest BCUT2D eigenvalue weighted by molar-refractivity contribution is 6.31. The fraction of sp³-hybridized carbons (Fsp3) is 0.412. The van der Waals surface area contributed by atoms with Gasteiger partial charge in [-0.05, 0) is 32.8 Å². The maximum absolute atomic E-state index is 12.1. The predicted octanol–water partition coefficient (Wildman–Crippen LogP) is 2.78. The maximum Gasteiger partial charge on any atom is 0.241 e. The molecule has 2 rings (SSSR count). The lowest BCUT2D eigenvalue weighted by Gasteiger charge is -2.18. The molecule has 1 aromatic carbocycles. The summed E-state index contributed by atoms with van der Waals surface area (Å²) in [6.07, 6.45) is -0.150. The summed E-state index contributed by atoms with van der Waals surface area (Å²) in [5.41, 5.74) is 2.33. The van der Waals surface area contributed by atoms with Gasteiger partial charge in [0.2, 0.25) is 5.91 Å². The van der Waals surface area contributed by atoms with Crippen molar-refractivity contribution in [3.63, 3.8) is 0 Å². The fourth-order valence-electron chi connectivity index (χ4n) is 2.49. The third-order valence-corrected chi connectivity index (χ3v) is 4.30. The molecule has 2 atom stereocenters. The van der Waals surface area contributed by atoms with Crippen LogP contribution in [0.5, 0.6) is 0 Å². The summed E-state index contributed by atoms with van der Waals surface area (Å²) < 4.78 is 1.59. The highest BCUT2D eigenvalue weighted by Crippen LogP contribution is 2.19. The molecule has 2 unspecified atom stereocenters. The first-order chi connectivity index (χ1) is 10.9. The minimum Gasteiger partial charge on any atom is -0.388 e. The van der Waals surface area contributed by atoms with E-state index in [-0.39, 0.29) is 18.5 Å². The molecule has 0 fully saturated rings. The third kappa shape index (κ3) is 4.56. The summed E-state index contributed by atoms with van der Waals surface area (Å²) in [4.78, 5) is 12.1. The van der Waals surface area contributed by atoms with Crippen molar-refractivity contribution >= 4 is 17.5 Å². The maximum atomic E-state index is 12.1. The van der Waals surface area contributed by atoms with Gasteiger partial charge in [0.25, 0.3) is 0 Å². The number of benzene rings is 1. The van der Waals surface area contributed by atoms with Crippen LogP contribution in [-0.2, 0) is 11.3 Å². The van der Waals surface area contributed by atoms with Crippen LogP contribution in [-0.4, -0.2) is 26.8 Å². The molecule has 0 aliphatic rings. The topological polar surface area (TPSA) is 67.2 Å². The Bertz CT molecular complexity index is 670. The van der Waals surface area contributed by atoms with Crippen LogP contribution in [0.2, 0.25) is 5.02 Å². The molecule has 5 nitrogen and oxygen atoms in total. The Labute approximate surface area is 141 Å². The van der Waals surface area contributed by atoms with Gasteiger partial charge in [-0.25, -0.2) is 0 Å². The Morgan fingerprint density at radius 1 is 1.35 bits per heavy atom. The van der Waals surface area contributed by atoms with Gasteiger partial charge in [-0.2, -0.15) is 5.10 Å². The van der Waals surface area contributed by atoms with Crippen LogP contribution in [0.1, 0.15) is 36.4 Å². The number of aliphatic hydroxyl groups excluding tert-OH is 1. The van der Waals surface area contributed by atoms with Gasteiger partial charge in [-0.1, -0.05) is 41.9 Å².